The number of halogens is 3. The van der Waals surface area contributed by atoms with Gasteiger partial charge >= 0.3 is 12.0 Å². The normalized spacial score (nSPS) is 14.9. The maximum absolute atomic E-state index is 14.8. The number of fused-ring (bicyclic) bond motifs is 4. The molecule has 0 saturated heterocycles. The Balaban J connectivity index is 1.56. The van der Waals surface area contributed by atoms with Gasteiger partial charge in [-0.25, -0.2) is 9.78 Å². The average Bonchev–Trinajstić information content (AvgIpc) is 3.68. The van der Waals surface area contributed by atoms with Gasteiger partial charge in [0.2, 0.25) is 5.91 Å². The number of aromatic amines is 1. The molecule has 5 rings (SSSR count). The summed E-state index contributed by atoms with van der Waals surface area (Å²) in [7, 11) is 1.15. The van der Waals surface area contributed by atoms with E-state index in [1.165, 1.54) is 41.5 Å². The van der Waals surface area contributed by atoms with Crippen molar-refractivity contribution in [2.45, 2.75) is 38.0 Å². The SMILES string of the molecule is COC(=O)Nc1cc(NC(=O)C=Cc2cc(Cl)ccc2-n2cnnn2)c2c(c1)NC(=O)C(F)(F)CCCCCc1ncc-2[nH]1. The van der Waals surface area contributed by atoms with Crippen molar-refractivity contribution in [3.63, 3.8) is 0 Å². The molecule has 16 heteroatoms. The van der Waals surface area contributed by atoms with Gasteiger partial charge in [-0.3, -0.25) is 14.9 Å². The Hall–Kier alpha value is -5.18. The van der Waals surface area contributed by atoms with Gasteiger partial charge in [-0.15, -0.1) is 5.10 Å². The molecular weight excluding hydrogens is 600 g/mol. The second-order valence-corrected chi connectivity index (χ2v) is 10.2. The van der Waals surface area contributed by atoms with Gasteiger partial charge in [0.25, 0.3) is 5.91 Å². The van der Waals surface area contributed by atoms with Gasteiger partial charge < -0.3 is 20.4 Å². The van der Waals surface area contributed by atoms with Crippen LogP contribution in [0.1, 0.15) is 37.1 Å². The van der Waals surface area contributed by atoms with Crippen molar-refractivity contribution in [3.8, 4) is 16.9 Å². The maximum Gasteiger partial charge on any atom is 0.411 e. The molecule has 0 radical (unpaired) electrons. The Labute approximate surface area is 254 Å². The highest BCUT2D eigenvalue weighted by Crippen LogP contribution is 2.39. The van der Waals surface area contributed by atoms with Crippen LogP contribution in [0, 0.1) is 0 Å². The summed E-state index contributed by atoms with van der Waals surface area (Å²) in [5.74, 6) is -5.21. The van der Waals surface area contributed by atoms with Crippen LogP contribution in [0.2, 0.25) is 5.02 Å². The zero-order valence-corrected chi connectivity index (χ0v) is 24.0. The number of imidazole rings is 1. The number of hydrogen-bond acceptors (Lipinski definition) is 8. The molecule has 2 bridgehead atoms. The van der Waals surface area contributed by atoms with E-state index in [1.807, 2.05) is 0 Å². The van der Waals surface area contributed by atoms with Crippen LogP contribution in [0.4, 0.5) is 30.6 Å². The number of tetrazole rings is 1. The molecule has 1 aliphatic rings. The number of benzene rings is 2. The zero-order chi connectivity index (χ0) is 31.3. The third-order valence-corrected chi connectivity index (χ3v) is 6.95. The number of nitrogens with zero attached hydrogens (tertiary/aromatic N) is 5. The summed E-state index contributed by atoms with van der Waals surface area (Å²) in [4.78, 5) is 45.6. The predicted octanol–water partition coefficient (Wildman–Crippen LogP) is 5.23. The molecule has 2 aromatic heterocycles. The molecule has 1 aliphatic heterocycles. The maximum atomic E-state index is 14.8. The van der Waals surface area contributed by atoms with Crippen LogP contribution in [0.15, 0.2) is 48.9 Å². The summed E-state index contributed by atoms with van der Waals surface area (Å²) < 4.78 is 35.7. The summed E-state index contributed by atoms with van der Waals surface area (Å²) in [6, 6.07) is 7.61. The summed E-state index contributed by atoms with van der Waals surface area (Å²) >= 11 is 6.18. The van der Waals surface area contributed by atoms with E-state index in [-0.39, 0.29) is 29.0 Å². The molecule has 13 nitrogen and oxygen atoms in total. The number of ether oxygens (including phenoxy) is 1. The molecule has 3 amide bonds. The number of nitrogens with one attached hydrogen (secondary N) is 4. The van der Waals surface area contributed by atoms with Crippen molar-refractivity contribution in [1.82, 2.24) is 30.2 Å². The lowest BCUT2D eigenvalue weighted by Gasteiger charge is -2.20. The van der Waals surface area contributed by atoms with Gasteiger partial charge in [0, 0.05) is 40.8 Å². The highest BCUT2D eigenvalue weighted by molar-refractivity contribution is 6.30. The van der Waals surface area contributed by atoms with E-state index in [2.05, 4.69) is 46.2 Å². The third kappa shape index (κ3) is 7.06. The smallest absolute Gasteiger partial charge is 0.411 e. The minimum atomic E-state index is -3.66. The van der Waals surface area contributed by atoms with Crippen LogP contribution >= 0.6 is 11.6 Å². The number of H-pyrrole nitrogens is 1. The Kier molecular flexibility index (Phi) is 8.94. The Morgan fingerprint density at radius 2 is 2.00 bits per heavy atom. The van der Waals surface area contributed by atoms with Gasteiger partial charge in [0.1, 0.15) is 12.2 Å². The third-order valence-electron chi connectivity index (χ3n) is 6.71. The van der Waals surface area contributed by atoms with E-state index in [1.54, 1.807) is 18.2 Å². The van der Waals surface area contributed by atoms with Gasteiger partial charge in [-0.1, -0.05) is 18.0 Å². The van der Waals surface area contributed by atoms with E-state index in [4.69, 9.17) is 11.6 Å². The van der Waals surface area contributed by atoms with Gasteiger partial charge in [0.05, 0.1) is 36.1 Å². The first-order chi connectivity index (χ1) is 21.1. The van der Waals surface area contributed by atoms with E-state index in [0.717, 1.165) is 7.11 Å². The largest absolute Gasteiger partial charge is 0.453 e. The molecule has 3 heterocycles. The molecule has 0 aliphatic carbocycles. The lowest BCUT2D eigenvalue weighted by Crippen LogP contribution is -2.34. The van der Waals surface area contributed by atoms with Crippen molar-refractivity contribution in [2.75, 3.05) is 23.1 Å². The summed E-state index contributed by atoms with van der Waals surface area (Å²) in [5.41, 5.74) is 1.59. The number of hydrogen-bond donors (Lipinski definition) is 4. The van der Waals surface area contributed by atoms with E-state index in [0.29, 0.717) is 47.1 Å². The number of amides is 3. The molecule has 4 aromatic rings. The zero-order valence-electron chi connectivity index (χ0n) is 23.2. The number of methoxy groups -OCH3 is 1. The second-order valence-electron chi connectivity index (χ2n) is 9.81. The van der Waals surface area contributed by atoms with Crippen molar-refractivity contribution >= 4 is 52.6 Å². The molecule has 0 atom stereocenters. The highest BCUT2D eigenvalue weighted by atomic mass is 35.5. The number of aryl methyl sites for hydroxylation is 1. The highest BCUT2D eigenvalue weighted by Gasteiger charge is 2.38. The standard InChI is InChI=1S/C28H26ClF2N9O4/c1-44-27(43)34-18-12-19(36-24(41)9-6-16-11-17(29)7-8-22(16)40-15-33-38-39-40)25-20(13-18)37-26(42)28(30,31)10-4-2-3-5-23-32-14-21(25)35-23/h6-9,11-15H,2-5,10H2,1H3,(H,32,35)(H,34,43)(H,36,41)(H,37,42). The van der Waals surface area contributed by atoms with Crippen LogP contribution in [0.5, 0.6) is 0 Å². The van der Waals surface area contributed by atoms with Crippen LogP contribution < -0.4 is 16.0 Å². The fraction of sp³-hybridized carbons (Fsp3) is 0.250. The number of carbonyl (C=O) groups is 3. The topological polar surface area (TPSA) is 169 Å². The molecule has 228 valence electrons. The number of anilines is 3. The van der Waals surface area contributed by atoms with Crippen LogP contribution in [-0.2, 0) is 20.7 Å². The van der Waals surface area contributed by atoms with E-state index >= 15 is 0 Å². The van der Waals surface area contributed by atoms with Crippen LogP contribution in [-0.4, -0.2) is 61.1 Å². The number of aromatic nitrogens is 6. The molecule has 2 aromatic carbocycles. The Morgan fingerprint density at radius 1 is 1.16 bits per heavy atom. The number of alkyl halides is 2. The average molecular weight is 626 g/mol. The molecule has 0 saturated carbocycles. The minimum Gasteiger partial charge on any atom is -0.453 e. The summed E-state index contributed by atoms with van der Waals surface area (Å²) in [5, 5.41) is 19.0. The fourth-order valence-electron chi connectivity index (χ4n) is 4.61. The van der Waals surface area contributed by atoms with Crippen LogP contribution in [0.25, 0.3) is 23.0 Å². The van der Waals surface area contributed by atoms with Crippen LogP contribution in [0.3, 0.4) is 0 Å². The quantitative estimate of drug-likeness (QED) is 0.219. The van der Waals surface area contributed by atoms with Crippen molar-refractivity contribution in [3.05, 3.63) is 65.3 Å². The summed E-state index contributed by atoms with van der Waals surface area (Å²) in [6.45, 7) is 0. The molecule has 0 fully saturated rings. The molecule has 0 unspecified atom stereocenters. The Bertz CT molecular complexity index is 1720. The van der Waals surface area contributed by atoms with Gasteiger partial charge in [-0.2, -0.15) is 13.5 Å². The predicted molar refractivity (Wildman–Crippen MR) is 158 cm³/mol. The minimum absolute atomic E-state index is 0.0540. The molecule has 0 spiro atoms. The van der Waals surface area contributed by atoms with Crippen molar-refractivity contribution < 1.29 is 27.9 Å². The first kappa shape index (κ1) is 30.3. The van der Waals surface area contributed by atoms with Crippen molar-refractivity contribution in [2.24, 2.45) is 0 Å². The lowest BCUT2D eigenvalue weighted by molar-refractivity contribution is -0.140. The molecule has 44 heavy (non-hydrogen) atoms. The fourth-order valence-corrected chi connectivity index (χ4v) is 4.79. The number of rotatable bonds is 5. The number of carbonyl (C=O) groups excluding carboxylic acids is 3. The van der Waals surface area contributed by atoms with E-state index in [9.17, 15) is 23.2 Å². The second kappa shape index (κ2) is 13.0. The van der Waals surface area contributed by atoms with Gasteiger partial charge in [-0.05, 0) is 59.7 Å². The summed E-state index contributed by atoms with van der Waals surface area (Å²) in [6.07, 6.45) is 5.78. The molecular formula is C28H26ClF2N9O4. The first-order valence-electron chi connectivity index (χ1n) is 13.4. The lowest BCUT2D eigenvalue weighted by atomic mass is 10.0. The van der Waals surface area contributed by atoms with E-state index < -0.39 is 30.3 Å². The van der Waals surface area contributed by atoms with Gasteiger partial charge in [0.15, 0.2) is 0 Å². The van der Waals surface area contributed by atoms with Crippen molar-refractivity contribution in [1.29, 1.82) is 0 Å². The first-order valence-corrected chi connectivity index (χ1v) is 13.8. The monoisotopic (exact) mass is 625 g/mol. The molecule has 4 N–H and O–H groups in total. The Morgan fingerprint density at radius 3 is 2.77 bits per heavy atom.